The molecule has 3 aromatic rings. The van der Waals surface area contributed by atoms with Gasteiger partial charge in [-0.25, -0.2) is 4.39 Å². The Labute approximate surface area is 259 Å². The van der Waals surface area contributed by atoms with Crippen LogP contribution < -0.4 is 10.1 Å². The summed E-state index contributed by atoms with van der Waals surface area (Å²) in [5, 5.41) is 3.06. The van der Waals surface area contributed by atoms with Crippen LogP contribution in [0.2, 0.25) is 5.02 Å². The number of anilines is 1. The van der Waals surface area contributed by atoms with Crippen LogP contribution >= 0.6 is 11.6 Å². The van der Waals surface area contributed by atoms with Gasteiger partial charge in [0, 0.05) is 17.9 Å². The first-order valence-corrected chi connectivity index (χ1v) is 14.5. The van der Waals surface area contributed by atoms with Gasteiger partial charge < -0.3 is 10.1 Å². The number of hydrogen-bond donors (Lipinski definition) is 1. The van der Waals surface area contributed by atoms with Gasteiger partial charge in [-0.2, -0.15) is 13.2 Å². The summed E-state index contributed by atoms with van der Waals surface area (Å²) in [6.07, 6.45) is -6.04. The molecule has 0 aliphatic carbocycles. The summed E-state index contributed by atoms with van der Waals surface area (Å²) in [7, 11) is 0. The number of halogens is 5. The Morgan fingerprint density at radius 3 is 2.16 bits per heavy atom. The van der Waals surface area contributed by atoms with Crippen molar-refractivity contribution in [2.24, 2.45) is 11.3 Å². The van der Waals surface area contributed by atoms with Crippen molar-refractivity contribution in [1.29, 1.82) is 0 Å². The van der Waals surface area contributed by atoms with Crippen LogP contribution in [0, 0.1) is 25.2 Å². The zero-order valence-electron chi connectivity index (χ0n) is 25.5. The van der Waals surface area contributed by atoms with Crippen molar-refractivity contribution in [2.45, 2.75) is 66.7 Å². The number of hydrogen-bond acceptors (Lipinski definition) is 4. The van der Waals surface area contributed by atoms with E-state index in [1.807, 2.05) is 6.92 Å². The molecule has 0 aliphatic heterocycles. The van der Waals surface area contributed by atoms with E-state index in [9.17, 15) is 31.9 Å². The number of alkyl halides is 4. The number of ketones is 2. The number of rotatable bonds is 12. The molecule has 5 nitrogen and oxygen atoms in total. The van der Waals surface area contributed by atoms with Crippen molar-refractivity contribution in [1.82, 2.24) is 0 Å². The summed E-state index contributed by atoms with van der Waals surface area (Å²) < 4.78 is 59.3. The number of carbonyl (C=O) groups is 3. The second-order valence-corrected chi connectivity index (χ2v) is 12.1. The average Bonchev–Trinajstić information content (AvgIpc) is 2.93. The first kappa shape index (κ1) is 34.8. The van der Waals surface area contributed by atoms with Gasteiger partial charge in [-0.15, -0.1) is 0 Å². The van der Waals surface area contributed by atoms with Crippen LogP contribution in [0.15, 0.2) is 54.6 Å². The number of ether oxygens (including phenoxy) is 1. The van der Waals surface area contributed by atoms with Crippen molar-refractivity contribution in [3.63, 3.8) is 0 Å². The fraction of sp³-hybridized carbons (Fsp3) is 0.382. The standard InChI is InChI=1S/C34H36ClF4NO4/c1-19-7-11-28(27(35)13-19)40-32(43)26-16-24(10-12-30(26)44-18-22(4)36)17-29(41)25-15-23(9-8-20(25)2)14-21(3)31(42)33(5,6)34(37,38)39/h7-13,15-16,21-22H,14,17-18H2,1-6H3,(H,40,43)/t21-,22?/m1/s1. The maximum absolute atomic E-state index is 13.5. The van der Waals surface area contributed by atoms with Crippen LogP contribution in [0.25, 0.3) is 0 Å². The van der Waals surface area contributed by atoms with Crippen LogP contribution in [-0.4, -0.2) is 36.4 Å². The van der Waals surface area contributed by atoms with Crippen molar-refractivity contribution < 1.29 is 36.7 Å². The quantitative estimate of drug-likeness (QED) is 0.160. The maximum Gasteiger partial charge on any atom is 0.400 e. The molecule has 0 radical (unpaired) electrons. The summed E-state index contributed by atoms with van der Waals surface area (Å²) in [6.45, 7) is 7.81. The second kappa shape index (κ2) is 13.9. The van der Waals surface area contributed by atoms with Crippen molar-refractivity contribution in [2.75, 3.05) is 11.9 Å². The molecular weight excluding hydrogens is 598 g/mol. The van der Waals surface area contributed by atoms with Crippen molar-refractivity contribution >= 4 is 34.8 Å². The minimum atomic E-state index is -4.68. The summed E-state index contributed by atoms with van der Waals surface area (Å²) in [5.41, 5.74) is 0.888. The van der Waals surface area contributed by atoms with Crippen LogP contribution in [0.4, 0.5) is 23.2 Å². The van der Waals surface area contributed by atoms with E-state index in [-0.39, 0.29) is 36.5 Å². The largest absolute Gasteiger partial charge is 0.490 e. The Bertz CT molecular complexity index is 1550. The van der Waals surface area contributed by atoms with Gasteiger partial charge in [0.05, 0.1) is 16.3 Å². The third kappa shape index (κ3) is 8.46. The lowest BCUT2D eigenvalue weighted by atomic mass is 9.79. The molecule has 1 amide bonds. The smallest absolute Gasteiger partial charge is 0.400 e. The van der Waals surface area contributed by atoms with E-state index < -0.39 is 35.4 Å². The summed E-state index contributed by atoms with van der Waals surface area (Å²) >= 11 is 6.28. The van der Waals surface area contributed by atoms with Crippen molar-refractivity contribution in [3.05, 3.63) is 93.0 Å². The Morgan fingerprint density at radius 2 is 1.55 bits per heavy atom. The number of carbonyl (C=O) groups excluding carboxylic acids is 3. The molecule has 0 bridgehead atoms. The first-order chi connectivity index (χ1) is 20.4. The van der Waals surface area contributed by atoms with Gasteiger partial charge in [0.25, 0.3) is 5.91 Å². The van der Waals surface area contributed by atoms with Crippen molar-refractivity contribution in [3.8, 4) is 5.75 Å². The Morgan fingerprint density at radius 1 is 0.909 bits per heavy atom. The zero-order valence-corrected chi connectivity index (χ0v) is 26.3. The molecule has 3 rings (SSSR count). The van der Waals surface area contributed by atoms with E-state index in [1.165, 1.54) is 26.0 Å². The molecule has 0 fully saturated rings. The summed E-state index contributed by atoms with van der Waals surface area (Å²) in [4.78, 5) is 39.4. The third-order valence-corrected chi connectivity index (χ3v) is 7.72. The topological polar surface area (TPSA) is 72.5 Å². The zero-order chi connectivity index (χ0) is 33.0. The third-order valence-electron chi connectivity index (χ3n) is 7.41. The highest BCUT2D eigenvalue weighted by atomic mass is 35.5. The number of nitrogens with one attached hydrogen (secondary N) is 1. The predicted octanol–water partition coefficient (Wildman–Crippen LogP) is 8.71. The Kier molecular flexibility index (Phi) is 11.0. The average molecular weight is 634 g/mol. The van der Waals surface area contributed by atoms with Gasteiger partial charge in [0.1, 0.15) is 23.9 Å². The lowest BCUT2D eigenvalue weighted by Gasteiger charge is -2.29. The first-order valence-electron chi connectivity index (χ1n) is 14.1. The normalized spacial score (nSPS) is 13.2. The van der Waals surface area contributed by atoms with E-state index in [0.717, 1.165) is 19.4 Å². The molecule has 0 heterocycles. The molecule has 1 N–H and O–H groups in total. The van der Waals surface area contributed by atoms with Crippen LogP contribution in [-0.2, 0) is 17.6 Å². The molecule has 0 saturated heterocycles. The Balaban J connectivity index is 1.86. The SMILES string of the molecule is Cc1ccc(NC(=O)c2cc(CC(=O)c3cc(C[C@@H](C)C(=O)C(C)(C)C(F)(F)F)ccc3C)ccc2OCC(C)F)c(Cl)c1. The minimum Gasteiger partial charge on any atom is -0.490 e. The molecule has 2 atom stereocenters. The lowest BCUT2D eigenvalue weighted by molar-refractivity contribution is -0.212. The lowest BCUT2D eigenvalue weighted by Crippen LogP contribution is -2.43. The highest BCUT2D eigenvalue weighted by Gasteiger charge is 2.53. The summed E-state index contributed by atoms with van der Waals surface area (Å²) in [6, 6.07) is 14.7. The molecule has 1 unspecified atom stereocenters. The number of Topliss-reactive ketones (excluding diaryl/α,β-unsaturated/α-hetero) is 2. The summed E-state index contributed by atoms with van der Waals surface area (Å²) in [5.74, 6) is -2.59. The van der Waals surface area contributed by atoms with Gasteiger partial charge in [0.2, 0.25) is 0 Å². The second-order valence-electron chi connectivity index (χ2n) is 11.7. The maximum atomic E-state index is 13.5. The van der Waals surface area contributed by atoms with E-state index >= 15 is 0 Å². The predicted molar refractivity (Wildman–Crippen MR) is 164 cm³/mol. The van der Waals surface area contributed by atoms with E-state index in [0.29, 0.717) is 33.0 Å². The van der Waals surface area contributed by atoms with Crippen LogP contribution in [0.1, 0.15) is 70.7 Å². The number of aryl methyl sites for hydroxylation is 2. The molecule has 0 spiro atoms. The molecular formula is C34H36ClF4NO4. The van der Waals surface area contributed by atoms with E-state index in [4.69, 9.17) is 16.3 Å². The minimum absolute atomic E-state index is 0.0316. The van der Waals surface area contributed by atoms with Crippen LogP contribution in [0.5, 0.6) is 5.75 Å². The highest BCUT2D eigenvalue weighted by molar-refractivity contribution is 6.34. The fourth-order valence-corrected chi connectivity index (χ4v) is 4.97. The molecule has 44 heavy (non-hydrogen) atoms. The number of benzene rings is 3. The molecule has 0 aliphatic rings. The van der Waals surface area contributed by atoms with E-state index in [1.54, 1.807) is 49.4 Å². The fourth-order valence-electron chi connectivity index (χ4n) is 4.69. The van der Waals surface area contributed by atoms with Gasteiger partial charge in [-0.1, -0.05) is 42.8 Å². The van der Waals surface area contributed by atoms with E-state index in [2.05, 4.69) is 5.32 Å². The monoisotopic (exact) mass is 633 g/mol. The molecule has 236 valence electrons. The molecule has 0 saturated carbocycles. The van der Waals surface area contributed by atoms with Crippen LogP contribution in [0.3, 0.4) is 0 Å². The highest BCUT2D eigenvalue weighted by Crippen LogP contribution is 2.40. The van der Waals surface area contributed by atoms with Gasteiger partial charge in [0.15, 0.2) is 11.6 Å². The number of amides is 1. The molecule has 0 aromatic heterocycles. The van der Waals surface area contributed by atoms with Gasteiger partial charge in [-0.3, -0.25) is 14.4 Å². The van der Waals surface area contributed by atoms with Gasteiger partial charge in [-0.05, 0) is 93.6 Å². The van der Waals surface area contributed by atoms with Gasteiger partial charge >= 0.3 is 6.18 Å². The Hall–Kier alpha value is -3.72. The molecule has 3 aromatic carbocycles. The molecule has 10 heteroatoms.